The minimum Gasteiger partial charge on any atom is -0.0998 e. The lowest BCUT2D eigenvalue weighted by Gasteiger charge is -2.05. The number of hydrogen-bond acceptors (Lipinski definition) is 0. The van der Waals surface area contributed by atoms with Gasteiger partial charge in [0.2, 0.25) is 0 Å². The van der Waals surface area contributed by atoms with Gasteiger partial charge >= 0.3 is 0 Å². The minimum absolute atomic E-state index is 0. The van der Waals surface area contributed by atoms with Crippen molar-refractivity contribution >= 4 is 5.57 Å². The predicted molar refractivity (Wildman–Crippen MR) is 116 cm³/mol. The molecule has 0 amide bonds. The van der Waals surface area contributed by atoms with E-state index >= 15 is 0 Å². The first-order valence-corrected chi connectivity index (χ1v) is 7.66. The fourth-order valence-electron chi connectivity index (χ4n) is 1.76. The molecule has 0 aromatic heterocycles. The average Bonchev–Trinajstić information content (AvgIpc) is 2.49. The van der Waals surface area contributed by atoms with Crippen LogP contribution in [0.25, 0.3) is 5.57 Å². The third-order valence-corrected chi connectivity index (χ3v) is 2.40. The Bertz CT molecular complexity index is 405. The Balaban J connectivity index is -0.000000143. The van der Waals surface area contributed by atoms with E-state index in [0.29, 0.717) is 0 Å². The number of hydrogen-bond donors (Lipinski definition) is 0. The molecule has 0 aliphatic carbocycles. The van der Waals surface area contributed by atoms with Gasteiger partial charge in [0.1, 0.15) is 0 Å². The molecule has 0 saturated heterocycles. The second kappa shape index (κ2) is 22.7. The Morgan fingerprint density at radius 3 is 1.70 bits per heavy atom. The summed E-state index contributed by atoms with van der Waals surface area (Å²) in [5, 5.41) is 0. The topological polar surface area (TPSA) is 0 Å². The van der Waals surface area contributed by atoms with Gasteiger partial charge in [-0.15, -0.1) is 0 Å². The molecule has 0 saturated carbocycles. The highest BCUT2D eigenvalue weighted by atomic mass is 14.0. The molecular formula is C23H44. The first-order chi connectivity index (χ1) is 9.63. The highest BCUT2D eigenvalue weighted by Gasteiger charge is 1.97. The van der Waals surface area contributed by atoms with Crippen LogP contribution < -0.4 is 0 Å². The standard InChI is InChI=1S/C16H20.2C2H6.3CH4/c1-5-15(12-14(4)11-13(2)3)16-9-7-6-8-10-16;2*1-2;;;/h5-10,12H,2,11H2,1,3-4H3;2*1-2H3;3*1H4/b14-12+,15-5+;;;;;. The second-order valence-electron chi connectivity index (χ2n) is 4.23. The molecule has 136 valence electrons. The SMILES string of the molecule is C.C.C.C=C(C)C/C(C)=C/C(=C\C)c1ccccc1.CC.CC. The van der Waals surface area contributed by atoms with Crippen molar-refractivity contribution in [2.24, 2.45) is 0 Å². The van der Waals surface area contributed by atoms with E-state index in [-0.39, 0.29) is 22.3 Å². The quantitative estimate of drug-likeness (QED) is 0.383. The maximum Gasteiger partial charge on any atom is -0.0113 e. The van der Waals surface area contributed by atoms with Crippen LogP contribution in [0.1, 0.15) is 82.7 Å². The van der Waals surface area contributed by atoms with Gasteiger partial charge in [-0.25, -0.2) is 0 Å². The zero-order valence-electron chi connectivity index (χ0n) is 14.5. The maximum atomic E-state index is 3.94. The first kappa shape index (κ1) is 33.1. The molecule has 0 fully saturated rings. The van der Waals surface area contributed by atoms with Gasteiger partial charge in [-0.05, 0) is 38.3 Å². The third kappa shape index (κ3) is 16.6. The lowest BCUT2D eigenvalue weighted by molar-refractivity contribution is 1.12. The minimum atomic E-state index is 0. The lowest BCUT2D eigenvalue weighted by Crippen LogP contribution is -1.83. The zero-order valence-corrected chi connectivity index (χ0v) is 14.5. The Labute approximate surface area is 149 Å². The van der Waals surface area contributed by atoms with Gasteiger partial charge in [0, 0.05) is 0 Å². The van der Waals surface area contributed by atoms with Crippen LogP contribution in [0.2, 0.25) is 0 Å². The Kier molecular flexibility index (Phi) is 32.7. The van der Waals surface area contributed by atoms with Crippen molar-refractivity contribution in [3.8, 4) is 0 Å². The van der Waals surface area contributed by atoms with E-state index in [4.69, 9.17) is 0 Å². The molecule has 0 heterocycles. The summed E-state index contributed by atoms with van der Waals surface area (Å²) in [6.45, 7) is 18.2. The van der Waals surface area contributed by atoms with Crippen molar-refractivity contribution in [2.75, 3.05) is 0 Å². The van der Waals surface area contributed by atoms with Gasteiger partial charge < -0.3 is 0 Å². The first-order valence-electron chi connectivity index (χ1n) is 7.66. The van der Waals surface area contributed by atoms with E-state index in [2.05, 4.69) is 63.8 Å². The molecule has 0 radical (unpaired) electrons. The fourth-order valence-corrected chi connectivity index (χ4v) is 1.76. The van der Waals surface area contributed by atoms with Crippen molar-refractivity contribution in [1.29, 1.82) is 0 Å². The Hall–Kier alpha value is -1.56. The molecule has 0 nitrogen and oxygen atoms in total. The van der Waals surface area contributed by atoms with Crippen molar-refractivity contribution in [3.05, 3.63) is 65.8 Å². The summed E-state index contributed by atoms with van der Waals surface area (Å²) in [7, 11) is 0. The van der Waals surface area contributed by atoms with Crippen molar-refractivity contribution in [1.82, 2.24) is 0 Å². The Morgan fingerprint density at radius 2 is 1.35 bits per heavy atom. The van der Waals surface area contributed by atoms with Crippen LogP contribution >= 0.6 is 0 Å². The van der Waals surface area contributed by atoms with Crippen molar-refractivity contribution in [3.63, 3.8) is 0 Å². The smallest absolute Gasteiger partial charge is 0.0113 e. The summed E-state index contributed by atoms with van der Waals surface area (Å²) in [6, 6.07) is 10.5. The summed E-state index contributed by atoms with van der Waals surface area (Å²) in [6.07, 6.45) is 5.37. The molecule has 0 aliphatic rings. The molecule has 1 rings (SSSR count). The molecule has 0 spiro atoms. The van der Waals surface area contributed by atoms with Crippen LogP contribution in [0.15, 0.2) is 60.2 Å². The molecule has 0 unspecified atom stereocenters. The molecular weight excluding hydrogens is 276 g/mol. The van der Waals surface area contributed by atoms with E-state index in [0.717, 1.165) is 6.42 Å². The highest BCUT2D eigenvalue weighted by Crippen LogP contribution is 2.19. The largest absolute Gasteiger partial charge is 0.0998 e. The van der Waals surface area contributed by atoms with Gasteiger partial charge in [-0.3, -0.25) is 0 Å². The van der Waals surface area contributed by atoms with Crippen molar-refractivity contribution in [2.45, 2.75) is 77.2 Å². The van der Waals surface area contributed by atoms with Crippen LogP contribution in [0.3, 0.4) is 0 Å². The molecule has 23 heavy (non-hydrogen) atoms. The molecule has 0 heteroatoms. The van der Waals surface area contributed by atoms with E-state index in [9.17, 15) is 0 Å². The van der Waals surface area contributed by atoms with Gasteiger partial charge in [0.05, 0.1) is 0 Å². The molecule has 0 atom stereocenters. The van der Waals surface area contributed by atoms with Crippen LogP contribution in [-0.4, -0.2) is 0 Å². The maximum absolute atomic E-state index is 3.94. The van der Waals surface area contributed by atoms with E-state index < -0.39 is 0 Å². The molecule has 1 aromatic rings. The summed E-state index contributed by atoms with van der Waals surface area (Å²) in [5.74, 6) is 0. The molecule has 1 aromatic carbocycles. The second-order valence-corrected chi connectivity index (χ2v) is 4.23. The normalized spacial score (nSPS) is 9.35. The number of allylic oxidation sites excluding steroid dienone is 5. The molecule has 0 bridgehead atoms. The third-order valence-electron chi connectivity index (χ3n) is 2.40. The number of rotatable bonds is 4. The predicted octanol–water partition coefficient (Wildman–Crippen LogP) is 8.96. The molecule has 0 aliphatic heterocycles. The molecule has 0 N–H and O–H groups in total. The van der Waals surface area contributed by atoms with Crippen LogP contribution in [0.5, 0.6) is 0 Å². The Morgan fingerprint density at radius 1 is 0.913 bits per heavy atom. The summed E-state index contributed by atoms with van der Waals surface area (Å²) in [5.41, 5.74) is 5.10. The summed E-state index contributed by atoms with van der Waals surface area (Å²) < 4.78 is 0. The van der Waals surface area contributed by atoms with Crippen LogP contribution in [0, 0.1) is 0 Å². The average molecular weight is 321 g/mol. The van der Waals surface area contributed by atoms with Crippen molar-refractivity contribution < 1.29 is 0 Å². The van der Waals surface area contributed by atoms with E-state index in [1.807, 2.05) is 33.8 Å². The van der Waals surface area contributed by atoms with E-state index in [1.165, 1.54) is 22.3 Å². The van der Waals surface area contributed by atoms with E-state index in [1.54, 1.807) is 0 Å². The fraction of sp³-hybridized carbons (Fsp3) is 0.478. The lowest BCUT2D eigenvalue weighted by atomic mass is 10.0. The summed E-state index contributed by atoms with van der Waals surface area (Å²) >= 11 is 0. The van der Waals surface area contributed by atoms with Gasteiger partial charge in [-0.2, -0.15) is 0 Å². The van der Waals surface area contributed by atoms with Crippen LogP contribution in [0.4, 0.5) is 0 Å². The number of benzene rings is 1. The highest BCUT2D eigenvalue weighted by molar-refractivity contribution is 5.74. The van der Waals surface area contributed by atoms with Crippen LogP contribution in [-0.2, 0) is 0 Å². The zero-order chi connectivity index (χ0) is 16.0. The van der Waals surface area contributed by atoms with Gasteiger partial charge in [-0.1, -0.05) is 110 Å². The van der Waals surface area contributed by atoms with Gasteiger partial charge in [0.25, 0.3) is 0 Å². The monoisotopic (exact) mass is 320 g/mol. The summed E-state index contributed by atoms with van der Waals surface area (Å²) in [4.78, 5) is 0. The van der Waals surface area contributed by atoms with Gasteiger partial charge in [0.15, 0.2) is 0 Å².